The van der Waals surface area contributed by atoms with Crippen molar-refractivity contribution in [2.75, 3.05) is 19.6 Å². The molecular weight excluding hydrogens is 336 g/mol. The van der Waals surface area contributed by atoms with Crippen molar-refractivity contribution >= 4 is 16.8 Å². The first-order valence-corrected chi connectivity index (χ1v) is 9.58. The third-order valence-corrected chi connectivity index (χ3v) is 5.31. The number of nitrogens with zero attached hydrogens (tertiary/aromatic N) is 3. The maximum atomic E-state index is 13.1. The molecule has 1 aliphatic rings. The predicted octanol–water partition coefficient (Wildman–Crippen LogP) is 3.51. The molecule has 138 valence electrons. The standard InChI is InChI=1S/C22H24N4O/c1-2-26-13-9-17(10-14-26)24-22(27)19-15-21(16-7-11-23-12-8-16)25-20-6-4-3-5-18(19)20/h3-8,11-12,15,17H,2,9-10,13-14H2,1H3,(H,24,27). The number of nitrogens with one attached hydrogen (secondary N) is 1. The lowest BCUT2D eigenvalue weighted by Gasteiger charge is -2.31. The van der Waals surface area contributed by atoms with Crippen LogP contribution in [0, 0.1) is 0 Å². The van der Waals surface area contributed by atoms with Gasteiger partial charge in [0.1, 0.15) is 0 Å². The Morgan fingerprint density at radius 3 is 2.63 bits per heavy atom. The van der Waals surface area contributed by atoms with Gasteiger partial charge >= 0.3 is 0 Å². The molecule has 4 rings (SSSR count). The van der Waals surface area contributed by atoms with Gasteiger partial charge < -0.3 is 10.2 Å². The van der Waals surface area contributed by atoms with Gasteiger partial charge in [0.25, 0.3) is 5.91 Å². The summed E-state index contributed by atoms with van der Waals surface area (Å²) < 4.78 is 0. The third-order valence-electron chi connectivity index (χ3n) is 5.31. The maximum absolute atomic E-state index is 13.1. The number of hydrogen-bond acceptors (Lipinski definition) is 4. The summed E-state index contributed by atoms with van der Waals surface area (Å²) in [7, 11) is 0. The highest BCUT2D eigenvalue weighted by Crippen LogP contribution is 2.25. The van der Waals surface area contributed by atoms with Crippen LogP contribution in [0.4, 0.5) is 0 Å². The van der Waals surface area contributed by atoms with E-state index in [1.165, 1.54) is 0 Å². The monoisotopic (exact) mass is 360 g/mol. The van der Waals surface area contributed by atoms with Crippen molar-refractivity contribution < 1.29 is 4.79 Å². The molecule has 0 saturated carbocycles. The van der Waals surface area contributed by atoms with Crippen LogP contribution in [-0.2, 0) is 0 Å². The Labute approximate surface area is 159 Å². The molecule has 1 aliphatic heterocycles. The summed E-state index contributed by atoms with van der Waals surface area (Å²) in [6.45, 7) is 5.34. The van der Waals surface area contributed by atoms with Crippen LogP contribution >= 0.6 is 0 Å². The van der Waals surface area contributed by atoms with E-state index in [9.17, 15) is 4.79 Å². The first-order valence-electron chi connectivity index (χ1n) is 9.58. The van der Waals surface area contributed by atoms with Gasteiger partial charge in [0.2, 0.25) is 0 Å². The molecule has 0 radical (unpaired) electrons. The Balaban J connectivity index is 1.65. The maximum Gasteiger partial charge on any atom is 0.252 e. The van der Waals surface area contributed by atoms with E-state index in [4.69, 9.17) is 4.98 Å². The van der Waals surface area contributed by atoms with E-state index in [0.717, 1.165) is 54.6 Å². The number of carbonyl (C=O) groups is 1. The molecule has 1 saturated heterocycles. The van der Waals surface area contributed by atoms with Gasteiger partial charge in [0.15, 0.2) is 0 Å². The highest BCUT2D eigenvalue weighted by atomic mass is 16.1. The average molecular weight is 360 g/mol. The summed E-state index contributed by atoms with van der Waals surface area (Å²) in [5.41, 5.74) is 3.27. The number of piperidine rings is 1. The topological polar surface area (TPSA) is 58.1 Å². The molecule has 0 spiro atoms. The lowest BCUT2D eigenvalue weighted by molar-refractivity contribution is 0.0914. The summed E-state index contributed by atoms with van der Waals surface area (Å²) in [4.78, 5) is 24.3. The molecule has 3 heterocycles. The van der Waals surface area contributed by atoms with Gasteiger partial charge in [-0.2, -0.15) is 0 Å². The van der Waals surface area contributed by atoms with Gasteiger partial charge in [-0.25, -0.2) is 4.98 Å². The number of amides is 1. The molecule has 2 aromatic heterocycles. The van der Waals surface area contributed by atoms with Crippen LogP contribution in [0.5, 0.6) is 0 Å². The van der Waals surface area contributed by atoms with Crippen LogP contribution in [0.1, 0.15) is 30.1 Å². The minimum atomic E-state index is -0.0149. The molecule has 5 heteroatoms. The summed E-state index contributed by atoms with van der Waals surface area (Å²) in [6, 6.07) is 13.8. The second-order valence-electron chi connectivity index (χ2n) is 6.99. The highest BCUT2D eigenvalue weighted by Gasteiger charge is 2.21. The van der Waals surface area contributed by atoms with Gasteiger partial charge in [-0.3, -0.25) is 9.78 Å². The van der Waals surface area contributed by atoms with E-state index in [1.54, 1.807) is 12.4 Å². The molecule has 0 unspecified atom stereocenters. The van der Waals surface area contributed by atoms with Gasteiger partial charge in [0.05, 0.1) is 16.8 Å². The number of likely N-dealkylation sites (tertiary alicyclic amines) is 1. The van der Waals surface area contributed by atoms with Crippen molar-refractivity contribution in [3.8, 4) is 11.3 Å². The Bertz CT molecular complexity index is 933. The quantitative estimate of drug-likeness (QED) is 0.773. The van der Waals surface area contributed by atoms with Crippen LogP contribution in [0.25, 0.3) is 22.2 Å². The minimum Gasteiger partial charge on any atom is -0.349 e. The second-order valence-corrected chi connectivity index (χ2v) is 6.99. The van der Waals surface area contributed by atoms with Gasteiger partial charge in [-0.15, -0.1) is 0 Å². The van der Waals surface area contributed by atoms with Crippen LogP contribution < -0.4 is 5.32 Å². The smallest absolute Gasteiger partial charge is 0.252 e. The zero-order chi connectivity index (χ0) is 18.6. The summed E-state index contributed by atoms with van der Waals surface area (Å²) in [5.74, 6) is -0.0149. The fraction of sp³-hybridized carbons (Fsp3) is 0.318. The van der Waals surface area contributed by atoms with Gasteiger partial charge in [0, 0.05) is 42.5 Å². The highest BCUT2D eigenvalue weighted by molar-refractivity contribution is 6.07. The fourth-order valence-electron chi connectivity index (χ4n) is 3.69. The number of benzene rings is 1. The number of hydrogen-bond donors (Lipinski definition) is 1. The van der Waals surface area contributed by atoms with E-state index >= 15 is 0 Å². The van der Waals surface area contributed by atoms with E-state index in [2.05, 4.69) is 22.1 Å². The van der Waals surface area contributed by atoms with E-state index < -0.39 is 0 Å². The zero-order valence-electron chi connectivity index (χ0n) is 15.6. The van der Waals surface area contributed by atoms with Crippen LogP contribution in [0.2, 0.25) is 0 Å². The Kier molecular flexibility index (Phi) is 5.12. The van der Waals surface area contributed by atoms with Crippen molar-refractivity contribution in [1.82, 2.24) is 20.2 Å². The SMILES string of the molecule is CCN1CCC(NC(=O)c2cc(-c3ccncc3)nc3ccccc23)CC1. The minimum absolute atomic E-state index is 0.0149. The molecule has 3 aromatic rings. The van der Waals surface area contributed by atoms with Crippen LogP contribution in [0.3, 0.4) is 0 Å². The van der Waals surface area contributed by atoms with Crippen molar-refractivity contribution in [3.05, 3.63) is 60.4 Å². The normalized spacial score (nSPS) is 15.7. The zero-order valence-corrected chi connectivity index (χ0v) is 15.6. The molecule has 27 heavy (non-hydrogen) atoms. The largest absolute Gasteiger partial charge is 0.349 e. The average Bonchev–Trinajstić information content (AvgIpc) is 2.74. The Morgan fingerprint density at radius 2 is 1.89 bits per heavy atom. The molecule has 0 atom stereocenters. The summed E-state index contributed by atoms with van der Waals surface area (Å²) in [5, 5.41) is 4.13. The molecule has 0 aliphatic carbocycles. The molecule has 1 amide bonds. The van der Waals surface area contributed by atoms with Crippen molar-refractivity contribution in [1.29, 1.82) is 0 Å². The third kappa shape index (κ3) is 3.83. The Morgan fingerprint density at radius 1 is 1.15 bits per heavy atom. The number of rotatable bonds is 4. The number of fused-ring (bicyclic) bond motifs is 1. The molecular formula is C22H24N4O. The lowest BCUT2D eigenvalue weighted by Crippen LogP contribution is -2.44. The van der Waals surface area contributed by atoms with Crippen LogP contribution in [0.15, 0.2) is 54.9 Å². The predicted molar refractivity (Wildman–Crippen MR) is 108 cm³/mol. The van der Waals surface area contributed by atoms with Crippen molar-refractivity contribution in [2.24, 2.45) is 0 Å². The summed E-state index contributed by atoms with van der Waals surface area (Å²) in [6.07, 6.45) is 5.49. The Hall–Kier alpha value is -2.79. The number of para-hydroxylation sites is 1. The molecule has 0 bridgehead atoms. The lowest BCUT2D eigenvalue weighted by atomic mass is 10.0. The van der Waals surface area contributed by atoms with Crippen molar-refractivity contribution in [2.45, 2.75) is 25.8 Å². The second kappa shape index (κ2) is 7.84. The van der Waals surface area contributed by atoms with Gasteiger partial charge in [-0.1, -0.05) is 25.1 Å². The molecule has 1 N–H and O–H groups in total. The number of carbonyl (C=O) groups excluding carboxylic acids is 1. The number of aromatic nitrogens is 2. The van der Waals surface area contributed by atoms with E-state index in [1.807, 2.05) is 42.5 Å². The molecule has 1 fully saturated rings. The fourth-order valence-corrected chi connectivity index (χ4v) is 3.69. The summed E-state index contributed by atoms with van der Waals surface area (Å²) >= 11 is 0. The molecule has 5 nitrogen and oxygen atoms in total. The first-order chi connectivity index (χ1) is 13.2. The van der Waals surface area contributed by atoms with E-state index in [-0.39, 0.29) is 11.9 Å². The number of pyridine rings is 2. The van der Waals surface area contributed by atoms with Crippen molar-refractivity contribution in [3.63, 3.8) is 0 Å². The first kappa shape index (κ1) is 17.6. The van der Waals surface area contributed by atoms with Gasteiger partial charge in [-0.05, 0) is 43.7 Å². The van der Waals surface area contributed by atoms with E-state index in [0.29, 0.717) is 5.56 Å². The van der Waals surface area contributed by atoms with Crippen LogP contribution in [-0.4, -0.2) is 46.5 Å². The molecule has 1 aromatic carbocycles.